The fourth-order valence-electron chi connectivity index (χ4n) is 2.61. The van der Waals surface area contributed by atoms with Crippen LogP contribution in [-0.2, 0) is 4.79 Å². The van der Waals surface area contributed by atoms with Crippen LogP contribution in [0.5, 0.6) is 0 Å². The first-order chi connectivity index (χ1) is 8.33. The van der Waals surface area contributed by atoms with E-state index in [0.29, 0.717) is 12.2 Å². The molecule has 1 atom stereocenters. The lowest BCUT2D eigenvalue weighted by Crippen LogP contribution is -2.40. The number of nitrogens with zero attached hydrogens (tertiary/aromatic N) is 1. The molecule has 0 aromatic heterocycles. The molecule has 1 fully saturated rings. The highest BCUT2D eigenvalue weighted by molar-refractivity contribution is 5.87. The average molecular weight is 231 g/mol. The predicted molar refractivity (Wildman–Crippen MR) is 71.3 cm³/mol. The van der Waals surface area contributed by atoms with Gasteiger partial charge in [-0.3, -0.25) is 4.79 Å². The summed E-state index contributed by atoms with van der Waals surface area (Å²) in [6.07, 6.45) is 5.29. The molecule has 0 amide bonds. The van der Waals surface area contributed by atoms with Gasteiger partial charge in [-0.05, 0) is 25.0 Å². The van der Waals surface area contributed by atoms with E-state index in [1.807, 2.05) is 25.1 Å². The van der Waals surface area contributed by atoms with E-state index >= 15 is 0 Å². The van der Waals surface area contributed by atoms with Gasteiger partial charge in [0, 0.05) is 18.7 Å². The molecule has 0 bridgehead atoms. The summed E-state index contributed by atoms with van der Waals surface area (Å²) in [5.74, 6) is 0.385. The summed E-state index contributed by atoms with van der Waals surface area (Å²) < 4.78 is 0. The highest BCUT2D eigenvalue weighted by Gasteiger charge is 2.25. The van der Waals surface area contributed by atoms with Crippen molar-refractivity contribution in [1.29, 1.82) is 0 Å². The molecule has 1 aromatic rings. The molecule has 1 unspecified atom stereocenters. The zero-order chi connectivity index (χ0) is 12.1. The number of anilines is 1. The predicted octanol–water partition coefficient (Wildman–Crippen LogP) is 3.41. The molecule has 1 aliphatic heterocycles. The van der Waals surface area contributed by atoms with Crippen molar-refractivity contribution in [2.75, 3.05) is 11.4 Å². The van der Waals surface area contributed by atoms with Crippen LogP contribution in [-0.4, -0.2) is 18.4 Å². The highest BCUT2D eigenvalue weighted by atomic mass is 16.1. The van der Waals surface area contributed by atoms with Crippen LogP contribution in [0.3, 0.4) is 0 Å². The fourth-order valence-corrected chi connectivity index (χ4v) is 2.61. The Bertz CT molecular complexity index is 360. The summed E-state index contributed by atoms with van der Waals surface area (Å²) in [5.41, 5.74) is 1.20. The van der Waals surface area contributed by atoms with Crippen LogP contribution in [0.4, 0.5) is 5.69 Å². The molecule has 0 aliphatic carbocycles. The van der Waals surface area contributed by atoms with Crippen LogP contribution >= 0.6 is 0 Å². The second kappa shape index (κ2) is 5.85. The van der Waals surface area contributed by atoms with Crippen LogP contribution in [0.2, 0.25) is 0 Å². The van der Waals surface area contributed by atoms with Crippen molar-refractivity contribution in [3.8, 4) is 0 Å². The van der Waals surface area contributed by atoms with Crippen molar-refractivity contribution in [3.63, 3.8) is 0 Å². The monoisotopic (exact) mass is 231 g/mol. The van der Waals surface area contributed by atoms with Gasteiger partial charge in [-0.2, -0.15) is 0 Å². The van der Waals surface area contributed by atoms with Crippen molar-refractivity contribution >= 4 is 11.5 Å². The van der Waals surface area contributed by atoms with Crippen LogP contribution in [0.1, 0.15) is 39.0 Å². The summed E-state index contributed by atoms with van der Waals surface area (Å²) in [7, 11) is 0. The molecule has 1 aromatic carbocycles. The Labute approximate surface area is 104 Å². The van der Waals surface area contributed by atoms with Gasteiger partial charge >= 0.3 is 0 Å². The molecule has 2 heteroatoms. The first kappa shape index (κ1) is 12.2. The Hall–Kier alpha value is -1.31. The number of rotatable bonds is 3. The van der Waals surface area contributed by atoms with Gasteiger partial charge in [0.1, 0.15) is 0 Å². The fraction of sp³-hybridized carbons (Fsp3) is 0.533. The minimum Gasteiger partial charge on any atom is -0.361 e. The molecule has 0 N–H and O–H groups in total. The molecular weight excluding hydrogens is 210 g/mol. The zero-order valence-electron chi connectivity index (χ0n) is 10.6. The third kappa shape index (κ3) is 2.87. The lowest BCUT2D eigenvalue weighted by atomic mass is 10.0. The van der Waals surface area contributed by atoms with E-state index in [0.717, 1.165) is 13.0 Å². The maximum atomic E-state index is 12.1. The Balaban J connectivity index is 2.23. The van der Waals surface area contributed by atoms with Crippen LogP contribution in [0.15, 0.2) is 30.3 Å². The van der Waals surface area contributed by atoms with Crippen molar-refractivity contribution in [2.45, 2.75) is 45.1 Å². The van der Waals surface area contributed by atoms with Crippen LogP contribution < -0.4 is 4.90 Å². The summed E-state index contributed by atoms with van der Waals surface area (Å²) in [6.45, 7) is 2.98. The summed E-state index contributed by atoms with van der Waals surface area (Å²) >= 11 is 0. The summed E-state index contributed by atoms with van der Waals surface area (Å²) in [5, 5.41) is 0. The highest BCUT2D eigenvalue weighted by Crippen LogP contribution is 2.24. The number of carbonyl (C=O) groups is 1. The van der Waals surface area contributed by atoms with Gasteiger partial charge in [0.2, 0.25) is 0 Å². The minimum absolute atomic E-state index is 0.102. The third-order valence-electron chi connectivity index (χ3n) is 3.56. The van der Waals surface area contributed by atoms with Gasteiger partial charge in [-0.1, -0.05) is 38.0 Å². The number of benzene rings is 1. The van der Waals surface area contributed by atoms with Gasteiger partial charge in [0.05, 0.1) is 6.04 Å². The molecule has 92 valence electrons. The standard InChI is InChI=1S/C15H21NO/c1-2-15(17)14-11-7-4-8-12-16(14)13-9-5-3-6-10-13/h3,5-6,9-10,14H,2,4,7-8,11-12H2,1H3. The molecule has 2 nitrogen and oxygen atoms in total. The first-order valence-corrected chi connectivity index (χ1v) is 6.67. The number of para-hydroxylation sites is 1. The van der Waals surface area contributed by atoms with Crippen molar-refractivity contribution in [3.05, 3.63) is 30.3 Å². The molecule has 1 aliphatic rings. The SMILES string of the molecule is CCC(=O)C1CCCCCN1c1ccccc1. The summed E-state index contributed by atoms with van der Waals surface area (Å²) in [4.78, 5) is 14.4. The van der Waals surface area contributed by atoms with Crippen molar-refractivity contribution in [2.24, 2.45) is 0 Å². The maximum Gasteiger partial charge on any atom is 0.154 e. The van der Waals surface area contributed by atoms with E-state index in [1.54, 1.807) is 0 Å². The largest absolute Gasteiger partial charge is 0.361 e. The average Bonchev–Trinajstić information content (AvgIpc) is 2.64. The number of carbonyl (C=O) groups excluding carboxylic acids is 1. The molecule has 2 rings (SSSR count). The molecule has 0 radical (unpaired) electrons. The third-order valence-corrected chi connectivity index (χ3v) is 3.56. The lowest BCUT2D eigenvalue weighted by molar-refractivity contribution is -0.120. The van der Waals surface area contributed by atoms with E-state index in [-0.39, 0.29) is 6.04 Å². The molecule has 0 saturated carbocycles. The van der Waals surface area contributed by atoms with Gasteiger partial charge in [0.25, 0.3) is 0 Å². The van der Waals surface area contributed by atoms with E-state index in [2.05, 4.69) is 17.0 Å². The summed E-state index contributed by atoms with van der Waals surface area (Å²) in [6, 6.07) is 10.5. The van der Waals surface area contributed by atoms with Gasteiger partial charge < -0.3 is 4.90 Å². The second-order valence-corrected chi connectivity index (χ2v) is 4.71. The maximum absolute atomic E-state index is 12.1. The van der Waals surface area contributed by atoms with Crippen LogP contribution in [0, 0.1) is 0 Å². The Kier molecular flexibility index (Phi) is 4.18. The molecule has 1 heterocycles. The lowest BCUT2D eigenvalue weighted by Gasteiger charge is -2.30. The van der Waals surface area contributed by atoms with Crippen molar-refractivity contribution in [1.82, 2.24) is 0 Å². The number of Topliss-reactive ketones (excluding diaryl/α,β-unsaturated/α-hetero) is 1. The Morgan fingerprint density at radius 3 is 2.71 bits per heavy atom. The van der Waals surface area contributed by atoms with E-state index in [4.69, 9.17) is 0 Å². The van der Waals surface area contributed by atoms with Crippen LogP contribution in [0.25, 0.3) is 0 Å². The number of ketones is 1. The molecule has 17 heavy (non-hydrogen) atoms. The number of hydrogen-bond acceptors (Lipinski definition) is 2. The van der Waals surface area contributed by atoms with Gasteiger partial charge in [-0.15, -0.1) is 0 Å². The molecule has 0 spiro atoms. The van der Waals surface area contributed by atoms with E-state index in [1.165, 1.54) is 24.9 Å². The Morgan fingerprint density at radius 2 is 2.00 bits per heavy atom. The molecule has 1 saturated heterocycles. The van der Waals surface area contributed by atoms with Gasteiger partial charge in [0.15, 0.2) is 5.78 Å². The minimum atomic E-state index is 0.102. The normalized spacial score (nSPS) is 21.0. The quantitative estimate of drug-likeness (QED) is 0.794. The Morgan fingerprint density at radius 1 is 1.24 bits per heavy atom. The van der Waals surface area contributed by atoms with E-state index in [9.17, 15) is 4.79 Å². The van der Waals surface area contributed by atoms with E-state index < -0.39 is 0 Å². The zero-order valence-corrected chi connectivity index (χ0v) is 10.6. The first-order valence-electron chi connectivity index (χ1n) is 6.67. The molecular formula is C15H21NO. The van der Waals surface area contributed by atoms with Crippen molar-refractivity contribution < 1.29 is 4.79 Å². The number of hydrogen-bond donors (Lipinski definition) is 0. The second-order valence-electron chi connectivity index (χ2n) is 4.71. The van der Waals surface area contributed by atoms with Gasteiger partial charge in [-0.25, -0.2) is 0 Å². The smallest absolute Gasteiger partial charge is 0.154 e. The topological polar surface area (TPSA) is 20.3 Å².